The number of rotatable bonds is 7. The van der Waals surface area contributed by atoms with Crippen molar-refractivity contribution in [1.82, 2.24) is 5.32 Å². The van der Waals surface area contributed by atoms with E-state index in [1.54, 1.807) is 6.07 Å². The topological polar surface area (TPSA) is 52.5 Å². The highest BCUT2D eigenvalue weighted by Gasteiger charge is 2.33. The van der Waals surface area contributed by atoms with Crippen LogP contribution in [-0.2, 0) is 12.7 Å². The van der Waals surface area contributed by atoms with Crippen molar-refractivity contribution in [2.45, 2.75) is 43.6 Å². The number of hydrogen-bond acceptors (Lipinski definition) is 4. The van der Waals surface area contributed by atoms with Crippen molar-refractivity contribution in [2.24, 2.45) is 0 Å². The van der Waals surface area contributed by atoms with Crippen molar-refractivity contribution in [3.8, 4) is 0 Å². The van der Waals surface area contributed by atoms with Crippen molar-refractivity contribution in [1.29, 1.82) is 0 Å². The fourth-order valence-corrected chi connectivity index (χ4v) is 2.57. The first-order chi connectivity index (χ1) is 9.74. The predicted octanol–water partition coefficient (Wildman–Crippen LogP) is 2.65. The van der Waals surface area contributed by atoms with Crippen LogP contribution in [0.25, 0.3) is 0 Å². The van der Waals surface area contributed by atoms with Crippen LogP contribution < -0.4 is 5.32 Å². The average Bonchev–Trinajstić information content (AvgIpc) is 2.41. The molecule has 0 heterocycles. The van der Waals surface area contributed by atoms with E-state index in [0.29, 0.717) is 12.1 Å². The quantitative estimate of drug-likeness (QED) is 0.675. The van der Waals surface area contributed by atoms with Gasteiger partial charge in [0, 0.05) is 23.2 Å². The van der Waals surface area contributed by atoms with Gasteiger partial charge in [0.15, 0.2) is 0 Å². The minimum Gasteiger partial charge on any atom is -0.394 e. The Balaban J connectivity index is 2.92. The zero-order valence-corrected chi connectivity index (χ0v) is 12.8. The second kappa shape index (κ2) is 8.03. The zero-order valence-electron chi connectivity index (χ0n) is 11.9. The van der Waals surface area contributed by atoms with E-state index >= 15 is 0 Å². The van der Waals surface area contributed by atoms with Gasteiger partial charge in [0.25, 0.3) is 0 Å². The molecule has 0 saturated heterocycles. The van der Waals surface area contributed by atoms with E-state index in [1.165, 1.54) is 6.07 Å². The van der Waals surface area contributed by atoms with Crippen LogP contribution in [0.15, 0.2) is 23.1 Å². The fourth-order valence-electron chi connectivity index (χ4n) is 1.60. The molecule has 7 heteroatoms. The van der Waals surface area contributed by atoms with E-state index in [1.807, 2.05) is 13.8 Å². The minimum atomic E-state index is -4.44. The van der Waals surface area contributed by atoms with Gasteiger partial charge in [-0.05, 0) is 17.7 Å². The fraction of sp³-hybridized carbons (Fsp3) is 0.571. The Labute approximate surface area is 126 Å². The predicted molar refractivity (Wildman–Crippen MR) is 77.2 cm³/mol. The molecule has 1 aromatic carbocycles. The summed E-state index contributed by atoms with van der Waals surface area (Å²) < 4.78 is 39.3. The summed E-state index contributed by atoms with van der Waals surface area (Å²) in [6.45, 7) is 3.74. The van der Waals surface area contributed by atoms with Gasteiger partial charge in [0.05, 0.1) is 18.3 Å². The highest BCUT2D eigenvalue weighted by Crippen LogP contribution is 2.37. The van der Waals surface area contributed by atoms with E-state index in [0.717, 1.165) is 17.8 Å². The molecule has 0 radical (unpaired) electrons. The summed E-state index contributed by atoms with van der Waals surface area (Å²) in [5, 5.41) is 21.0. The van der Waals surface area contributed by atoms with Crippen LogP contribution >= 0.6 is 11.8 Å². The molecular formula is C14H20F3NO2S. The normalized spacial score (nSPS) is 13.7. The third kappa shape index (κ3) is 6.25. The molecule has 0 amide bonds. The average molecular weight is 323 g/mol. The number of thioether (sulfide) groups is 1. The van der Waals surface area contributed by atoms with Gasteiger partial charge in [0.1, 0.15) is 0 Å². The maximum Gasteiger partial charge on any atom is 0.417 e. The first kappa shape index (κ1) is 18.3. The van der Waals surface area contributed by atoms with Gasteiger partial charge < -0.3 is 15.5 Å². The molecule has 0 saturated carbocycles. The molecule has 1 rings (SSSR count). The molecule has 1 aromatic rings. The third-order valence-electron chi connectivity index (χ3n) is 2.71. The van der Waals surface area contributed by atoms with Gasteiger partial charge in [-0.1, -0.05) is 19.9 Å². The van der Waals surface area contributed by atoms with E-state index < -0.39 is 24.5 Å². The van der Waals surface area contributed by atoms with Gasteiger partial charge in [-0.2, -0.15) is 13.2 Å². The maximum atomic E-state index is 13.1. The van der Waals surface area contributed by atoms with E-state index in [2.05, 4.69) is 5.32 Å². The summed E-state index contributed by atoms with van der Waals surface area (Å²) in [5.41, 5.74) is -0.149. The Morgan fingerprint density at radius 3 is 2.48 bits per heavy atom. The van der Waals surface area contributed by atoms with Gasteiger partial charge >= 0.3 is 6.18 Å². The number of alkyl halides is 3. The molecular weight excluding hydrogens is 303 g/mol. The molecule has 1 atom stereocenters. The molecule has 1 unspecified atom stereocenters. The molecule has 21 heavy (non-hydrogen) atoms. The first-order valence-corrected chi connectivity index (χ1v) is 7.57. The van der Waals surface area contributed by atoms with Crippen LogP contribution in [0.5, 0.6) is 0 Å². The highest BCUT2D eigenvalue weighted by molar-refractivity contribution is 7.99. The monoisotopic (exact) mass is 323 g/mol. The van der Waals surface area contributed by atoms with E-state index in [4.69, 9.17) is 5.11 Å². The van der Waals surface area contributed by atoms with Crippen molar-refractivity contribution in [2.75, 3.05) is 12.4 Å². The summed E-state index contributed by atoms with van der Waals surface area (Å²) >= 11 is 0.889. The lowest BCUT2D eigenvalue weighted by atomic mass is 10.1. The Morgan fingerprint density at radius 1 is 1.29 bits per heavy atom. The summed E-state index contributed by atoms with van der Waals surface area (Å²) in [7, 11) is 0. The molecule has 120 valence electrons. The van der Waals surface area contributed by atoms with Crippen LogP contribution in [0, 0.1) is 0 Å². The molecule has 0 aliphatic heterocycles. The minimum absolute atomic E-state index is 0.0170. The Bertz CT molecular complexity index is 452. The summed E-state index contributed by atoms with van der Waals surface area (Å²) in [6.07, 6.45) is -5.47. The standard InChI is InChI=1S/C14H20F3NO2S/c1-9(2)18-6-10-3-4-13(21-8-11(20)7-19)12(5-10)14(15,16)17/h3-5,9,11,18-20H,6-8H2,1-2H3. The van der Waals surface area contributed by atoms with E-state index in [9.17, 15) is 18.3 Å². The van der Waals surface area contributed by atoms with Crippen molar-refractivity contribution >= 4 is 11.8 Å². The Kier molecular flexibility index (Phi) is 6.99. The van der Waals surface area contributed by atoms with Gasteiger partial charge in [0.2, 0.25) is 0 Å². The zero-order chi connectivity index (χ0) is 16.0. The molecule has 0 bridgehead atoms. The lowest BCUT2D eigenvalue weighted by Crippen LogP contribution is -2.22. The van der Waals surface area contributed by atoms with Crippen molar-refractivity contribution < 1.29 is 23.4 Å². The van der Waals surface area contributed by atoms with Crippen LogP contribution in [0.3, 0.4) is 0 Å². The highest BCUT2D eigenvalue weighted by atomic mass is 32.2. The number of benzene rings is 1. The summed E-state index contributed by atoms with van der Waals surface area (Å²) in [6, 6.07) is 4.36. The Hall–Kier alpha value is -0.760. The molecule has 3 nitrogen and oxygen atoms in total. The number of aliphatic hydroxyl groups excluding tert-OH is 2. The van der Waals surface area contributed by atoms with Crippen LogP contribution in [0.1, 0.15) is 25.0 Å². The van der Waals surface area contributed by atoms with Crippen molar-refractivity contribution in [3.63, 3.8) is 0 Å². The van der Waals surface area contributed by atoms with Gasteiger partial charge in [-0.3, -0.25) is 0 Å². The molecule has 3 N–H and O–H groups in total. The summed E-state index contributed by atoms with van der Waals surface area (Å²) in [5.74, 6) is 0.0170. The first-order valence-electron chi connectivity index (χ1n) is 6.59. The lowest BCUT2D eigenvalue weighted by Gasteiger charge is -2.16. The second-order valence-electron chi connectivity index (χ2n) is 5.01. The molecule has 0 aromatic heterocycles. The number of nitrogens with one attached hydrogen (secondary N) is 1. The largest absolute Gasteiger partial charge is 0.417 e. The van der Waals surface area contributed by atoms with E-state index in [-0.39, 0.29) is 16.7 Å². The SMILES string of the molecule is CC(C)NCc1ccc(SCC(O)CO)c(C(F)(F)F)c1. The van der Waals surface area contributed by atoms with Gasteiger partial charge in [-0.25, -0.2) is 0 Å². The molecule has 0 fully saturated rings. The van der Waals surface area contributed by atoms with Crippen LogP contribution in [0.4, 0.5) is 13.2 Å². The number of hydrogen-bond donors (Lipinski definition) is 3. The molecule has 0 aliphatic carbocycles. The smallest absolute Gasteiger partial charge is 0.394 e. The second-order valence-corrected chi connectivity index (χ2v) is 6.07. The van der Waals surface area contributed by atoms with Crippen LogP contribution in [0.2, 0.25) is 0 Å². The van der Waals surface area contributed by atoms with Crippen LogP contribution in [-0.4, -0.2) is 34.7 Å². The Morgan fingerprint density at radius 2 is 1.95 bits per heavy atom. The number of halogens is 3. The third-order valence-corrected chi connectivity index (χ3v) is 3.92. The molecule has 0 spiro atoms. The molecule has 0 aliphatic rings. The maximum absolute atomic E-state index is 13.1. The lowest BCUT2D eigenvalue weighted by molar-refractivity contribution is -0.139. The summed E-state index contributed by atoms with van der Waals surface area (Å²) in [4.78, 5) is 0.0586. The van der Waals surface area contributed by atoms with Gasteiger partial charge in [-0.15, -0.1) is 11.8 Å². The number of aliphatic hydroxyl groups is 2. The van der Waals surface area contributed by atoms with Crippen molar-refractivity contribution in [3.05, 3.63) is 29.3 Å².